The molecule has 0 aromatic heterocycles. The Labute approximate surface area is 139 Å². The molecule has 0 aliphatic carbocycles. The van der Waals surface area contributed by atoms with E-state index >= 15 is 0 Å². The number of urea groups is 1. The lowest BCUT2D eigenvalue weighted by atomic mass is 9.95. The molecule has 7 heteroatoms. The number of allylic oxidation sites excluding steroid dienone is 1. The van der Waals surface area contributed by atoms with Gasteiger partial charge >= 0.3 is 12.0 Å². The summed E-state index contributed by atoms with van der Waals surface area (Å²) in [7, 11) is 0. The molecule has 1 saturated heterocycles. The van der Waals surface area contributed by atoms with Gasteiger partial charge in [-0.1, -0.05) is 12.1 Å². The summed E-state index contributed by atoms with van der Waals surface area (Å²) in [6, 6.07) is 5.34. The summed E-state index contributed by atoms with van der Waals surface area (Å²) in [4.78, 5) is 24.3. The van der Waals surface area contributed by atoms with Crippen molar-refractivity contribution in [1.29, 1.82) is 0 Å². The van der Waals surface area contributed by atoms with Crippen LogP contribution in [0, 0.1) is 0 Å². The van der Waals surface area contributed by atoms with Crippen LogP contribution in [-0.2, 0) is 14.3 Å². The zero-order chi connectivity index (χ0) is 17.1. The summed E-state index contributed by atoms with van der Waals surface area (Å²) in [6.45, 7) is 2.53. The Morgan fingerprint density at radius 3 is 3.00 bits per heavy atom. The SMILES string of the molecule is CC1=C(C(=O)OC[C@@H]2CCCO2)[C@H](c2cccc(O)c2)NC(=O)N1. The molecular weight excluding hydrogens is 312 g/mol. The molecule has 0 saturated carbocycles. The van der Waals surface area contributed by atoms with E-state index in [0.29, 0.717) is 23.4 Å². The lowest BCUT2D eigenvalue weighted by molar-refractivity contribution is -0.142. The molecule has 0 unspecified atom stereocenters. The average molecular weight is 332 g/mol. The smallest absolute Gasteiger partial charge is 0.338 e. The molecule has 2 aliphatic heterocycles. The third-order valence-electron chi connectivity index (χ3n) is 4.12. The Bertz CT molecular complexity index is 679. The van der Waals surface area contributed by atoms with Crippen LogP contribution in [0.5, 0.6) is 5.75 Å². The summed E-state index contributed by atoms with van der Waals surface area (Å²) in [5, 5.41) is 15.0. The maximum absolute atomic E-state index is 12.6. The second-order valence-electron chi connectivity index (χ2n) is 5.90. The minimum absolute atomic E-state index is 0.0602. The number of rotatable bonds is 4. The number of esters is 1. The van der Waals surface area contributed by atoms with Crippen LogP contribution in [-0.4, -0.2) is 36.4 Å². The van der Waals surface area contributed by atoms with Gasteiger partial charge in [-0.25, -0.2) is 9.59 Å². The monoisotopic (exact) mass is 332 g/mol. The van der Waals surface area contributed by atoms with Crippen molar-refractivity contribution in [3.05, 3.63) is 41.1 Å². The molecule has 3 N–H and O–H groups in total. The van der Waals surface area contributed by atoms with Crippen molar-refractivity contribution in [3.63, 3.8) is 0 Å². The molecule has 3 rings (SSSR count). The van der Waals surface area contributed by atoms with Gasteiger partial charge in [0.15, 0.2) is 0 Å². The highest BCUT2D eigenvalue weighted by Crippen LogP contribution is 2.29. The van der Waals surface area contributed by atoms with E-state index < -0.39 is 18.0 Å². The molecule has 0 bridgehead atoms. The highest BCUT2D eigenvalue weighted by molar-refractivity contribution is 5.95. The summed E-state index contributed by atoms with van der Waals surface area (Å²) in [6.07, 6.45) is 1.77. The van der Waals surface area contributed by atoms with Gasteiger partial charge in [0, 0.05) is 12.3 Å². The average Bonchev–Trinajstić information content (AvgIpc) is 3.05. The topological polar surface area (TPSA) is 96.9 Å². The van der Waals surface area contributed by atoms with E-state index in [1.165, 1.54) is 12.1 Å². The number of hydrogen-bond donors (Lipinski definition) is 3. The molecule has 2 aliphatic rings. The van der Waals surface area contributed by atoms with Crippen molar-refractivity contribution in [1.82, 2.24) is 10.6 Å². The Kier molecular flexibility index (Phi) is 4.71. The van der Waals surface area contributed by atoms with Crippen LogP contribution in [0.4, 0.5) is 4.79 Å². The molecule has 7 nitrogen and oxygen atoms in total. The van der Waals surface area contributed by atoms with Crippen molar-refractivity contribution < 1.29 is 24.2 Å². The summed E-state index contributed by atoms with van der Waals surface area (Å²) in [5.74, 6) is -0.450. The van der Waals surface area contributed by atoms with E-state index in [-0.39, 0.29) is 18.5 Å². The predicted molar refractivity (Wildman–Crippen MR) is 85.1 cm³/mol. The third kappa shape index (κ3) is 3.51. The van der Waals surface area contributed by atoms with Crippen LogP contribution in [0.1, 0.15) is 31.4 Å². The molecular formula is C17H20N2O5. The number of ether oxygens (including phenoxy) is 2. The highest BCUT2D eigenvalue weighted by Gasteiger charge is 2.33. The molecule has 1 aromatic carbocycles. The highest BCUT2D eigenvalue weighted by atomic mass is 16.6. The van der Waals surface area contributed by atoms with E-state index in [4.69, 9.17) is 9.47 Å². The maximum Gasteiger partial charge on any atom is 0.338 e. The van der Waals surface area contributed by atoms with Crippen LogP contribution in [0.3, 0.4) is 0 Å². The standard InChI is InChI=1S/C17H20N2O5/c1-10-14(16(21)24-9-13-6-3-7-23-13)15(19-17(22)18-10)11-4-2-5-12(20)8-11/h2,4-5,8,13,15,20H,3,6-7,9H2,1H3,(H2,18,19,22)/t13-,15-/m0/s1. The Hall–Kier alpha value is -2.54. The number of benzene rings is 1. The molecule has 2 heterocycles. The first-order valence-corrected chi connectivity index (χ1v) is 7.90. The lowest BCUT2D eigenvalue weighted by Gasteiger charge is -2.28. The van der Waals surface area contributed by atoms with Crippen molar-refractivity contribution in [3.8, 4) is 5.75 Å². The molecule has 2 amide bonds. The molecule has 0 radical (unpaired) electrons. The van der Waals surface area contributed by atoms with Crippen molar-refractivity contribution in [2.45, 2.75) is 31.9 Å². The number of amides is 2. The number of phenols is 1. The molecule has 0 spiro atoms. The first-order valence-electron chi connectivity index (χ1n) is 7.90. The fourth-order valence-corrected chi connectivity index (χ4v) is 2.94. The largest absolute Gasteiger partial charge is 0.508 e. The van der Waals surface area contributed by atoms with Crippen molar-refractivity contribution >= 4 is 12.0 Å². The van der Waals surface area contributed by atoms with Gasteiger partial charge in [-0.15, -0.1) is 0 Å². The van der Waals surface area contributed by atoms with Crippen LogP contribution in [0.2, 0.25) is 0 Å². The second-order valence-corrected chi connectivity index (χ2v) is 5.90. The molecule has 128 valence electrons. The molecule has 2 atom stereocenters. The summed E-state index contributed by atoms with van der Waals surface area (Å²) in [5.41, 5.74) is 1.36. The van der Waals surface area contributed by atoms with Gasteiger partial charge in [0.1, 0.15) is 12.4 Å². The number of aromatic hydroxyl groups is 1. The minimum atomic E-state index is -0.678. The van der Waals surface area contributed by atoms with Gasteiger partial charge in [-0.3, -0.25) is 0 Å². The van der Waals surface area contributed by atoms with Crippen LogP contribution >= 0.6 is 0 Å². The number of carbonyl (C=O) groups is 2. The third-order valence-corrected chi connectivity index (χ3v) is 4.12. The van der Waals surface area contributed by atoms with Gasteiger partial charge in [0.25, 0.3) is 0 Å². The maximum atomic E-state index is 12.6. The first-order chi connectivity index (χ1) is 11.5. The lowest BCUT2D eigenvalue weighted by Crippen LogP contribution is -2.45. The van der Waals surface area contributed by atoms with Crippen molar-refractivity contribution in [2.24, 2.45) is 0 Å². The predicted octanol–water partition coefficient (Wildman–Crippen LogP) is 1.74. The first kappa shape index (κ1) is 16.3. The van der Waals surface area contributed by atoms with Gasteiger partial charge in [-0.05, 0) is 37.5 Å². The summed E-state index contributed by atoms with van der Waals surface area (Å²) < 4.78 is 10.8. The Morgan fingerprint density at radius 2 is 2.29 bits per heavy atom. The fraction of sp³-hybridized carbons (Fsp3) is 0.412. The summed E-state index contributed by atoms with van der Waals surface area (Å²) >= 11 is 0. The molecule has 1 aromatic rings. The van der Waals surface area contributed by atoms with Gasteiger partial charge in [-0.2, -0.15) is 0 Å². The normalized spacial score (nSPS) is 23.6. The van der Waals surface area contributed by atoms with Crippen LogP contribution in [0.25, 0.3) is 0 Å². The van der Waals surface area contributed by atoms with Crippen LogP contribution < -0.4 is 10.6 Å². The van der Waals surface area contributed by atoms with Gasteiger partial charge in [0.05, 0.1) is 17.7 Å². The van der Waals surface area contributed by atoms with E-state index in [9.17, 15) is 14.7 Å². The minimum Gasteiger partial charge on any atom is -0.508 e. The van der Waals surface area contributed by atoms with Crippen molar-refractivity contribution in [2.75, 3.05) is 13.2 Å². The van der Waals surface area contributed by atoms with Crippen LogP contribution in [0.15, 0.2) is 35.5 Å². The zero-order valence-electron chi connectivity index (χ0n) is 13.4. The van der Waals surface area contributed by atoms with Gasteiger partial charge < -0.3 is 25.2 Å². The van der Waals surface area contributed by atoms with E-state index in [1.807, 2.05) is 0 Å². The van der Waals surface area contributed by atoms with Gasteiger partial charge in [0.2, 0.25) is 0 Å². The quantitative estimate of drug-likeness (QED) is 0.730. The number of hydrogen-bond acceptors (Lipinski definition) is 5. The second kappa shape index (κ2) is 6.92. The Balaban J connectivity index is 1.81. The Morgan fingerprint density at radius 1 is 1.46 bits per heavy atom. The number of nitrogens with one attached hydrogen (secondary N) is 2. The van der Waals surface area contributed by atoms with E-state index in [1.54, 1.807) is 19.1 Å². The number of phenolic OH excluding ortho intramolecular Hbond substituents is 1. The molecule has 24 heavy (non-hydrogen) atoms. The van der Waals surface area contributed by atoms with E-state index in [0.717, 1.165) is 12.8 Å². The zero-order valence-corrected chi connectivity index (χ0v) is 13.4. The van der Waals surface area contributed by atoms with E-state index in [2.05, 4.69) is 10.6 Å². The molecule has 1 fully saturated rings. The fourth-order valence-electron chi connectivity index (χ4n) is 2.94. The number of carbonyl (C=O) groups excluding carboxylic acids is 2.